The van der Waals surface area contributed by atoms with Crippen molar-refractivity contribution in [2.75, 3.05) is 13.1 Å². The van der Waals surface area contributed by atoms with Gasteiger partial charge in [0.25, 0.3) is 0 Å². The van der Waals surface area contributed by atoms with E-state index in [9.17, 15) is 0 Å². The Balaban J connectivity index is 0.000000337. The molecule has 0 aromatic rings. The molecule has 1 aliphatic carbocycles. The van der Waals surface area contributed by atoms with Crippen molar-refractivity contribution in [2.24, 2.45) is 0 Å². The zero-order valence-corrected chi connectivity index (χ0v) is 10.8. The Morgan fingerprint density at radius 1 is 0.800 bits per heavy atom. The molecule has 1 aliphatic heterocycles. The molecule has 1 nitrogen and oxygen atoms in total. The highest BCUT2D eigenvalue weighted by Gasteiger charge is 2.21. The highest BCUT2D eigenvalue weighted by atomic mass is 15.2. The van der Waals surface area contributed by atoms with Crippen LogP contribution in [0.2, 0.25) is 0 Å². The summed E-state index contributed by atoms with van der Waals surface area (Å²) < 4.78 is 0. The average Bonchev–Trinajstić information content (AvgIpc) is 2.32. The molecule has 15 heavy (non-hydrogen) atoms. The number of rotatable bonds is 1. The van der Waals surface area contributed by atoms with Gasteiger partial charge in [0.1, 0.15) is 0 Å². The molecule has 1 saturated heterocycles. The smallest absolute Gasteiger partial charge is 0.00952 e. The van der Waals surface area contributed by atoms with Crippen molar-refractivity contribution < 1.29 is 0 Å². The largest absolute Gasteiger partial charge is 0.300 e. The summed E-state index contributed by atoms with van der Waals surface area (Å²) in [6.45, 7) is 7.04. The standard InChI is InChI=1S/C11H21N.C3H8/c1-3-7-11(8-4-1)12-9-5-2-6-10-12;1-3-2/h11H,1-10H2;3H2,1-2H3. The molecular formula is C14H29N. The van der Waals surface area contributed by atoms with Gasteiger partial charge in [0, 0.05) is 6.04 Å². The van der Waals surface area contributed by atoms with E-state index in [0.717, 1.165) is 6.04 Å². The lowest BCUT2D eigenvalue weighted by Gasteiger charge is -2.36. The number of nitrogens with zero attached hydrogens (tertiary/aromatic N) is 1. The van der Waals surface area contributed by atoms with Gasteiger partial charge in [-0.25, -0.2) is 0 Å². The van der Waals surface area contributed by atoms with E-state index < -0.39 is 0 Å². The van der Waals surface area contributed by atoms with Crippen LogP contribution >= 0.6 is 0 Å². The van der Waals surface area contributed by atoms with Crippen molar-refractivity contribution in [1.29, 1.82) is 0 Å². The maximum absolute atomic E-state index is 2.75. The van der Waals surface area contributed by atoms with Gasteiger partial charge in [0.15, 0.2) is 0 Å². The summed E-state index contributed by atoms with van der Waals surface area (Å²) in [4.78, 5) is 2.75. The van der Waals surface area contributed by atoms with Gasteiger partial charge in [0.05, 0.1) is 0 Å². The van der Waals surface area contributed by atoms with Crippen molar-refractivity contribution in [3.63, 3.8) is 0 Å². The molecule has 1 heteroatoms. The first kappa shape index (κ1) is 13.0. The highest BCUT2D eigenvalue weighted by molar-refractivity contribution is 4.77. The van der Waals surface area contributed by atoms with E-state index in [1.54, 1.807) is 0 Å². The van der Waals surface area contributed by atoms with Gasteiger partial charge in [-0.1, -0.05) is 46.0 Å². The van der Waals surface area contributed by atoms with Crippen LogP contribution in [-0.4, -0.2) is 24.0 Å². The second kappa shape index (κ2) is 8.15. The first-order chi connectivity index (χ1) is 7.38. The fourth-order valence-corrected chi connectivity index (χ4v) is 2.73. The van der Waals surface area contributed by atoms with Crippen molar-refractivity contribution >= 4 is 0 Å². The third-order valence-corrected chi connectivity index (χ3v) is 3.48. The molecule has 0 N–H and O–H groups in total. The molecular weight excluding hydrogens is 182 g/mol. The minimum atomic E-state index is 0.971. The summed E-state index contributed by atoms with van der Waals surface area (Å²) in [5.74, 6) is 0. The maximum atomic E-state index is 2.75. The first-order valence-corrected chi connectivity index (χ1v) is 7.12. The molecule has 0 atom stereocenters. The van der Waals surface area contributed by atoms with Gasteiger partial charge >= 0.3 is 0 Å². The summed E-state index contributed by atoms with van der Waals surface area (Å²) >= 11 is 0. The molecule has 2 fully saturated rings. The molecule has 0 aromatic carbocycles. The van der Waals surface area contributed by atoms with E-state index in [0.29, 0.717) is 0 Å². The normalized spacial score (nSPS) is 24.4. The number of hydrogen-bond donors (Lipinski definition) is 0. The van der Waals surface area contributed by atoms with Gasteiger partial charge in [-0.3, -0.25) is 0 Å². The Bertz CT molecular complexity index is 116. The molecule has 1 saturated carbocycles. The third-order valence-electron chi connectivity index (χ3n) is 3.48. The highest BCUT2D eigenvalue weighted by Crippen LogP contribution is 2.24. The van der Waals surface area contributed by atoms with E-state index >= 15 is 0 Å². The lowest BCUT2D eigenvalue weighted by atomic mass is 9.93. The summed E-state index contributed by atoms with van der Waals surface area (Å²) in [6, 6.07) is 0.971. The quantitative estimate of drug-likeness (QED) is 0.627. The van der Waals surface area contributed by atoms with Crippen LogP contribution in [0, 0.1) is 0 Å². The Hall–Kier alpha value is -0.0400. The second-order valence-electron chi connectivity index (χ2n) is 5.10. The molecule has 2 aliphatic rings. The van der Waals surface area contributed by atoms with E-state index in [-0.39, 0.29) is 0 Å². The van der Waals surface area contributed by atoms with E-state index in [1.165, 1.54) is 70.9 Å². The first-order valence-electron chi connectivity index (χ1n) is 7.12. The van der Waals surface area contributed by atoms with Gasteiger partial charge in [-0.05, 0) is 38.8 Å². The summed E-state index contributed by atoms with van der Waals surface area (Å²) in [7, 11) is 0. The summed E-state index contributed by atoms with van der Waals surface area (Å²) in [5, 5.41) is 0. The Labute approximate surface area is 96.2 Å². The van der Waals surface area contributed by atoms with Crippen molar-refractivity contribution in [1.82, 2.24) is 4.90 Å². The molecule has 0 unspecified atom stereocenters. The van der Waals surface area contributed by atoms with E-state index in [2.05, 4.69) is 18.7 Å². The van der Waals surface area contributed by atoms with Crippen LogP contribution in [-0.2, 0) is 0 Å². The molecule has 0 amide bonds. The molecule has 0 radical (unpaired) electrons. The van der Waals surface area contributed by atoms with Crippen LogP contribution in [0.1, 0.15) is 71.6 Å². The number of likely N-dealkylation sites (tertiary alicyclic amines) is 1. The van der Waals surface area contributed by atoms with Gasteiger partial charge in [0.2, 0.25) is 0 Å². The van der Waals surface area contributed by atoms with Crippen LogP contribution in [0.5, 0.6) is 0 Å². The van der Waals surface area contributed by atoms with E-state index in [4.69, 9.17) is 0 Å². The fraction of sp³-hybridized carbons (Fsp3) is 1.00. The van der Waals surface area contributed by atoms with Gasteiger partial charge in [-0.2, -0.15) is 0 Å². The van der Waals surface area contributed by atoms with Crippen LogP contribution in [0.3, 0.4) is 0 Å². The zero-order chi connectivity index (χ0) is 10.9. The van der Waals surface area contributed by atoms with Crippen LogP contribution in [0.25, 0.3) is 0 Å². The lowest BCUT2D eigenvalue weighted by molar-refractivity contribution is 0.131. The molecule has 1 heterocycles. The zero-order valence-electron chi connectivity index (χ0n) is 10.8. The average molecular weight is 211 g/mol. The third kappa shape index (κ3) is 5.01. The van der Waals surface area contributed by atoms with Crippen molar-refractivity contribution in [2.45, 2.75) is 77.7 Å². The SMILES string of the molecule is C1CCC(N2CCCCC2)CC1.CCC. The van der Waals surface area contributed by atoms with Crippen molar-refractivity contribution in [3.05, 3.63) is 0 Å². The van der Waals surface area contributed by atoms with Crippen LogP contribution in [0.15, 0.2) is 0 Å². The second-order valence-corrected chi connectivity index (χ2v) is 5.10. The predicted molar refractivity (Wildman–Crippen MR) is 68.3 cm³/mol. The minimum absolute atomic E-state index is 0.971. The Morgan fingerprint density at radius 2 is 1.27 bits per heavy atom. The predicted octanol–water partition coefficient (Wildman–Crippen LogP) is 4.22. The fourth-order valence-electron chi connectivity index (χ4n) is 2.73. The summed E-state index contributed by atoms with van der Waals surface area (Å²) in [6.07, 6.45) is 13.1. The van der Waals surface area contributed by atoms with Gasteiger partial charge in [-0.15, -0.1) is 0 Å². The van der Waals surface area contributed by atoms with Crippen LogP contribution < -0.4 is 0 Å². The topological polar surface area (TPSA) is 3.24 Å². The number of piperidine rings is 1. The molecule has 2 rings (SSSR count). The van der Waals surface area contributed by atoms with Gasteiger partial charge < -0.3 is 4.90 Å². The lowest BCUT2D eigenvalue weighted by Crippen LogP contribution is -2.40. The monoisotopic (exact) mass is 211 g/mol. The number of hydrogen-bond acceptors (Lipinski definition) is 1. The summed E-state index contributed by atoms with van der Waals surface area (Å²) in [5.41, 5.74) is 0. The van der Waals surface area contributed by atoms with Crippen molar-refractivity contribution in [3.8, 4) is 0 Å². The Morgan fingerprint density at radius 3 is 1.80 bits per heavy atom. The molecule has 90 valence electrons. The van der Waals surface area contributed by atoms with E-state index in [1.807, 2.05) is 0 Å². The maximum Gasteiger partial charge on any atom is 0.00952 e. The Kier molecular flexibility index (Phi) is 7.08. The molecule has 0 bridgehead atoms. The minimum Gasteiger partial charge on any atom is -0.300 e. The molecule has 0 aromatic heterocycles. The molecule has 0 spiro atoms. The van der Waals surface area contributed by atoms with Crippen LogP contribution in [0.4, 0.5) is 0 Å².